The van der Waals surface area contributed by atoms with Crippen LogP contribution in [0.3, 0.4) is 0 Å². The number of hydrogen-bond donors (Lipinski definition) is 13. The average Bonchev–Trinajstić information content (AvgIpc) is 3.85. The highest BCUT2D eigenvalue weighted by atomic mass is 33.1. The Morgan fingerprint density at radius 2 is 1.34 bits per heavy atom. The number of aliphatic imine (C=N–C) groups is 1. The Morgan fingerprint density at radius 1 is 0.730 bits per heavy atom. The number of primary amides is 2. The molecule has 74 heavy (non-hydrogen) atoms. The molecular formula is C46H63N13O13S2. The minimum Gasteiger partial charge on any atom is -0.508 e. The van der Waals surface area contributed by atoms with Crippen molar-refractivity contribution in [2.45, 2.75) is 107 Å². The molecule has 7 atom stereocenters. The van der Waals surface area contributed by atoms with Crippen LogP contribution >= 0.6 is 21.6 Å². The molecule has 0 aromatic heterocycles. The first-order valence-corrected chi connectivity index (χ1v) is 26.0. The van der Waals surface area contributed by atoms with Crippen molar-refractivity contribution in [3.05, 3.63) is 65.7 Å². The predicted octanol–water partition coefficient (Wildman–Crippen LogP) is -3.74. The van der Waals surface area contributed by atoms with Crippen molar-refractivity contribution >= 4 is 92.6 Å². The second-order valence-electron chi connectivity index (χ2n) is 17.3. The van der Waals surface area contributed by atoms with Crippen molar-refractivity contribution in [2.75, 3.05) is 31.1 Å². The van der Waals surface area contributed by atoms with Gasteiger partial charge in [0.2, 0.25) is 59.1 Å². The summed E-state index contributed by atoms with van der Waals surface area (Å²) in [6.45, 7) is -0.402. The zero-order valence-corrected chi connectivity index (χ0v) is 41.9. The number of carbonyl (C=O) groups is 11. The first-order chi connectivity index (χ1) is 35.2. The van der Waals surface area contributed by atoms with Gasteiger partial charge in [0.25, 0.3) is 0 Å². The number of rotatable bonds is 17. The molecule has 2 aromatic carbocycles. The average molecular weight is 1070 g/mol. The van der Waals surface area contributed by atoms with Crippen LogP contribution < -0.4 is 60.2 Å². The van der Waals surface area contributed by atoms with Crippen molar-refractivity contribution in [3.63, 3.8) is 0 Å². The number of carboxylic acid groups (broad SMARTS) is 1. The van der Waals surface area contributed by atoms with E-state index in [-0.39, 0.29) is 74.8 Å². The molecule has 0 bridgehead atoms. The number of guanidine groups is 1. The fraction of sp³-hybridized carbons (Fsp3) is 0.478. The molecule has 2 aliphatic rings. The zero-order valence-electron chi connectivity index (χ0n) is 40.2. The number of amides is 10. The number of hydrogen-bond acceptors (Lipinski definition) is 15. The van der Waals surface area contributed by atoms with Crippen LogP contribution in [0.5, 0.6) is 5.75 Å². The van der Waals surface area contributed by atoms with Gasteiger partial charge in [-0.1, -0.05) is 64.1 Å². The van der Waals surface area contributed by atoms with Gasteiger partial charge in [-0.2, -0.15) is 0 Å². The normalized spacial score (nSPS) is 22.1. The fourth-order valence-corrected chi connectivity index (χ4v) is 9.90. The molecule has 0 radical (unpaired) electrons. The molecular weight excluding hydrogens is 1010 g/mol. The Bertz CT molecular complexity index is 2380. The van der Waals surface area contributed by atoms with Gasteiger partial charge in [0.1, 0.15) is 48.0 Å². The van der Waals surface area contributed by atoms with Gasteiger partial charge >= 0.3 is 5.97 Å². The third-order valence-electron chi connectivity index (χ3n) is 11.5. The Balaban J connectivity index is 1.63. The van der Waals surface area contributed by atoms with Crippen LogP contribution in [-0.4, -0.2) is 160 Å². The van der Waals surface area contributed by atoms with E-state index in [0.29, 0.717) is 17.5 Å². The molecule has 2 heterocycles. The first-order valence-electron chi connectivity index (χ1n) is 23.5. The number of aromatic hydroxyl groups is 1. The Kier molecular flexibility index (Phi) is 23.7. The Labute approximate surface area is 433 Å². The molecule has 17 N–H and O–H groups in total. The summed E-state index contributed by atoms with van der Waals surface area (Å²) >= 11 is 0. The van der Waals surface area contributed by atoms with E-state index >= 15 is 0 Å². The zero-order chi connectivity index (χ0) is 54.3. The Hall–Kier alpha value is -7.62. The summed E-state index contributed by atoms with van der Waals surface area (Å²) in [6, 6.07) is 4.44. The summed E-state index contributed by atoms with van der Waals surface area (Å²) in [4.78, 5) is 152. The van der Waals surface area contributed by atoms with Gasteiger partial charge in [0.15, 0.2) is 5.96 Å². The lowest BCUT2D eigenvalue weighted by molar-refractivity contribution is -0.143. The maximum absolute atomic E-state index is 14.5. The molecule has 10 amide bonds. The number of nitrogens with zero attached hydrogens (tertiary/aromatic N) is 2. The minimum atomic E-state index is -1.72. The van der Waals surface area contributed by atoms with E-state index in [9.17, 15) is 63.0 Å². The number of nitrogens with one attached hydrogen (secondary N) is 7. The van der Waals surface area contributed by atoms with Crippen molar-refractivity contribution in [2.24, 2.45) is 27.9 Å². The van der Waals surface area contributed by atoms with E-state index in [4.69, 9.17) is 22.9 Å². The number of carbonyl (C=O) groups excluding carboxylic acids is 10. The van der Waals surface area contributed by atoms with Gasteiger partial charge in [-0.15, -0.1) is 0 Å². The van der Waals surface area contributed by atoms with Crippen LogP contribution in [-0.2, 0) is 65.6 Å². The highest BCUT2D eigenvalue weighted by Gasteiger charge is 2.40. The first kappa shape index (κ1) is 58.9. The summed E-state index contributed by atoms with van der Waals surface area (Å²) in [5.74, 6) is -10.3. The van der Waals surface area contributed by atoms with Crippen LogP contribution in [0.2, 0.25) is 0 Å². The standard InChI is InChI=1S/C46H63N13O13S2/c47-35(61)22-32-42(68)58-33(44(70)59-18-5-9-34(59)43(69)55-28(8-4-17-51-46(49)50)39(65)52-23-36(48)62)24-74-73-19-16-38(64)53-30(21-26-10-12-27(60)13-11-26)40(66)57-31(20-25-6-2-1-3-7-25)41(67)56-29(45(71)72)14-15-37(63)54-32/h1-3,6-7,10-13,28-34,60H,4-5,8-9,14-24H2,(H2,47,61)(H2,48,62)(H,52,65)(H,53,64)(H,54,63)(H,55,69)(H,56,67)(H,57,66)(H,58,68)(H,71,72)(H4,49,50,51)/t28-,29+,30?,31?,32?,33?,34+/m1/s1. The SMILES string of the molecule is NC(=O)CNC(=O)[C@@H](CCCN=C(N)N)NC(=O)[C@@H]1CCCN1C(=O)C1CSSCCC(=O)NC(Cc2ccc(O)cc2)C(=O)NC(Cc2ccccc2)C(=O)N[C@H](C(=O)O)CCC(=O)NC(CC(N)=O)C(=O)N1. The highest BCUT2D eigenvalue weighted by Crippen LogP contribution is 2.26. The number of carboxylic acids is 1. The molecule has 2 aromatic rings. The van der Waals surface area contributed by atoms with E-state index in [1.807, 2.05) is 0 Å². The third-order valence-corrected chi connectivity index (χ3v) is 13.9. The number of phenols is 1. The lowest BCUT2D eigenvalue weighted by atomic mass is 10.0. The lowest BCUT2D eigenvalue weighted by Gasteiger charge is -2.30. The fourth-order valence-electron chi connectivity index (χ4n) is 7.75. The summed E-state index contributed by atoms with van der Waals surface area (Å²) in [5, 5.41) is 37.6. The molecule has 0 spiro atoms. The Morgan fingerprint density at radius 3 is 1.99 bits per heavy atom. The molecule has 4 unspecified atom stereocenters. The van der Waals surface area contributed by atoms with Gasteiger partial charge in [-0.3, -0.25) is 52.9 Å². The molecule has 2 fully saturated rings. The van der Waals surface area contributed by atoms with E-state index in [1.54, 1.807) is 30.3 Å². The molecule has 26 nitrogen and oxygen atoms in total. The van der Waals surface area contributed by atoms with E-state index in [1.165, 1.54) is 29.2 Å². The lowest BCUT2D eigenvalue weighted by Crippen LogP contribution is -2.59. The number of nitrogens with two attached hydrogens (primary N) is 4. The maximum Gasteiger partial charge on any atom is 0.326 e. The van der Waals surface area contributed by atoms with Gasteiger partial charge in [0.05, 0.1) is 13.0 Å². The van der Waals surface area contributed by atoms with Crippen molar-refractivity contribution in [1.82, 2.24) is 42.1 Å². The topological polar surface area (TPSA) is 432 Å². The minimum absolute atomic E-state index is 0.0123. The molecule has 28 heteroatoms. The summed E-state index contributed by atoms with van der Waals surface area (Å²) in [5.41, 5.74) is 22.6. The maximum atomic E-state index is 14.5. The molecule has 0 aliphatic carbocycles. The van der Waals surface area contributed by atoms with Crippen molar-refractivity contribution in [1.29, 1.82) is 0 Å². The summed E-state index contributed by atoms with van der Waals surface area (Å²) < 4.78 is 0. The van der Waals surface area contributed by atoms with Crippen molar-refractivity contribution in [3.8, 4) is 5.75 Å². The van der Waals surface area contributed by atoms with Crippen molar-refractivity contribution < 1.29 is 63.0 Å². The van der Waals surface area contributed by atoms with E-state index in [0.717, 1.165) is 21.6 Å². The van der Waals surface area contributed by atoms with Crippen LogP contribution in [0, 0.1) is 0 Å². The number of likely N-dealkylation sites (tertiary alicyclic amines) is 1. The number of aliphatic carboxylic acids is 1. The van der Waals surface area contributed by atoms with Crippen LogP contribution in [0.25, 0.3) is 0 Å². The quantitative estimate of drug-likeness (QED) is 0.0313. The summed E-state index contributed by atoms with van der Waals surface area (Å²) in [6.07, 6.45) is -1.62. The number of benzene rings is 2. The predicted molar refractivity (Wildman–Crippen MR) is 271 cm³/mol. The van der Waals surface area contributed by atoms with Crippen LogP contribution in [0.1, 0.15) is 62.5 Å². The molecule has 2 aliphatic heterocycles. The summed E-state index contributed by atoms with van der Waals surface area (Å²) in [7, 11) is 2.17. The smallest absolute Gasteiger partial charge is 0.326 e. The highest BCUT2D eigenvalue weighted by molar-refractivity contribution is 8.76. The van der Waals surface area contributed by atoms with E-state index in [2.05, 4.69) is 42.2 Å². The molecule has 0 saturated carbocycles. The van der Waals surface area contributed by atoms with Crippen LogP contribution in [0.15, 0.2) is 59.6 Å². The third kappa shape index (κ3) is 20.1. The second-order valence-corrected chi connectivity index (χ2v) is 19.9. The largest absolute Gasteiger partial charge is 0.508 e. The molecule has 2 saturated heterocycles. The van der Waals surface area contributed by atoms with Gasteiger partial charge in [0, 0.05) is 50.3 Å². The molecule has 402 valence electrons. The van der Waals surface area contributed by atoms with Gasteiger partial charge < -0.3 is 75.3 Å². The molecule has 4 rings (SSSR count). The van der Waals surface area contributed by atoms with Gasteiger partial charge in [-0.25, -0.2) is 4.79 Å². The van der Waals surface area contributed by atoms with Crippen LogP contribution in [0.4, 0.5) is 0 Å². The second kappa shape index (κ2) is 29.8. The monoisotopic (exact) mass is 1070 g/mol. The van der Waals surface area contributed by atoms with E-state index < -0.39 is 133 Å². The number of phenolic OH excluding ortho intramolecular Hbond substituents is 1. The van der Waals surface area contributed by atoms with Gasteiger partial charge in [-0.05, 0) is 55.4 Å².